The van der Waals surface area contributed by atoms with E-state index in [-0.39, 0.29) is 5.91 Å². The fraction of sp³-hybridized carbons (Fsp3) is 0.240. The number of hydrogen-bond acceptors (Lipinski definition) is 5. The van der Waals surface area contributed by atoms with Crippen LogP contribution in [-0.4, -0.2) is 17.4 Å². The van der Waals surface area contributed by atoms with Gasteiger partial charge >= 0.3 is 0 Å². The summed E-state index contributed by atoms with van der Waals surface area (Å²) in [4.78, 5) is 17.2. The number of aromatic nitrogens is 1. The number of amides is 1. The number of nitrogens with two attached hydrogens (primary N) is 1. The third-order valence-corrected chi connectivity index (χ3v) is 5.52. The van der Waals surface area contributed by atoms with Gasteiger partial charge < -0.3 is 16.4 Å². The van der Waals surface area contributed by atoms with Crippen molar-refractivity contribution in [3.05, 3.63) is 90.3 Å². The minimum atomic E-state index is -0.391. The molecule has 0 unspecified atom stereocenters. The topological polar surface area (TPSA) is 104 Å². The zero-order valence-electron chi connectivity index (χ0n) is 17.5. The summed E-state index contributed by atoms with van der Waals surface area (Å²) in [5.41, 5.74) is 8.12. The lowest BCUT2D eigenvalue weighted by Crippen LogP contribution is -2.19. The molecule has 1 aromatic carbocycles. The SMILES string of the molecule is C=C/C=C(\C=C/N)CNc1ncccc1C(=O)Nc1ccc(C2(C#N)CCCC2)cc1. The number of hydrogen-bond donors (Lipinski definition) is 3. The number of carbonyl (C=O) groups is 1. The first kappa shape index (κ1) is 21.8. The average molecular weight is 414 g/mol. The predicted octanol–water partition coefficient (Wildman–Crippen LogP) is 4.67. The van der Waals surface area contributed by atoms with Crippen molar-refractivity contribution in [3.8, 4) is 6.07 Å². The Kier molecular flexibility index (Phi) is 7.23. The van der Waals surface area contributed by atoms with Crippen molar-refractivity contribution < 1.29 is 4.79 Å². The molecule has 0 atom stereocenters. The highest BCUT2D eigenvalue weighted by molar-refractivity contribution is 6.07. The van der Waals surface area contributed by atoms with Crippen LogP contribution >= 0.6 is 0 Å². The Morgan fingerprint density at radius 3 is 2.65 bits per heavy atom. The number of nitrogens with zero attached hydrogens (tertiary/aromatic N) is 2. The molecule has 158 valence electrons. The smallest absolute Gasteiger partial charge is 0.259 e. The summed E-state index contributed by atoms with van der Waals surface area (Å²) in [5.74, 6) is 0.217. The van der Waals surface area contributed by atoms with E-state index < -0.39 is 5.41 Å². The highest BCUT2D eigenvalue weighted by Crippen LogP contribution is 2.40. The second kappa shape index (κ2) is 10.3. The fourth-order valence-electron chi connectivity index (χ4n) is 3.88. The number of anilines is 2. The summed E-state index contributed by atoms with van der Waals surface area (Å²) in [5, 5.41) is 15.8. The van der Waals surface area contributed by atoms with E-state index >= 15 is 0 Å². The molecule has 0 bridgehead atoms. The van der Waals surface area contributed by atoms with Crippen molar-refractivity contribution in [1.29, 1.82) is 5.26 Å². The van der Waals surface area contributed by atoms with Crippen molar-refractivity contribution >= 4 is 17.4 Å². The molecule has 1 aliphatic carbocycles. The number of pyridine rings is 1. The Morgan fingerprint density at radius 2 is 2.00 bits per heavy atom. The summed E-state index contributed by atoms with van der Waals surface area (Å²) in [6.07, 6.45) is 12.3. The van der Waals surface area contributed by atoms with Gasteiger partial charge in [-0.15, -0.1) is 0 Å². The number of nitriles is 1. The van der Waals surface area contributed by atoms with Crippen molar-refractivity contribution in [1.82, 2.24) is 4.98 Å². The molecule has 6 nitrogen and oxygen atoms in total. The lowest BCUT2D eigenvalue weighted by atomic mass is 9.80. The van der Waals surface area contributed by atoms with Gasteiger partial charge in [-0.25, -0.2) is 4.98 Å². The van der Waals surface area contributed by atoms with E-state index in [1.807, 2.05) is 30.3 Å². The van der Waals surface area contributed by atoms with Crippen molar-refractivity contribution in [2.24, 2.45) is 5.73 Å². The molecule has 1 heterocycles. The van der Waals surface area contributed by atoms with E-state index in [1.165, 1.54) is 6.20 Å². The third kappa shape index (κ3) is 5.20. The molecule has 4 N–H and O–H groups in total. The van der Waals surface area contributed by atoms with Crippen LogP contribution in [0.5, 0.6) is 0 Å². The first-order chi connectivity index (χ1) is 15.1. The van der Waals surface area contributed by atoms with E-state index in [0.29, 0.717) is 23.6 Å². The number of nitrogens with one attached hydrogen (secondary N) is 2. The average Bonchev–Trinajstić information content (AvgIpc) is 3.29. The quantitative estimate of drug-likeness (QED) is 0.546. The van der Waals surface area contributed by atoms with Gasteiger partial charge in [-0.3, -0.25) is 4.79 Å². The van der Waals surface area contributed by atoms with Crippen LogP contribution in [0.3, 0.4) is 0 Å². The van der Waals surface area contributed by atoms with Crippen LogP contribution in [0.15, 0.2) is 79.2 Å². The van der Waals surface area contributed by atoms with Crippen LogP contribution in [0.4, 0.5) is 11.5 Å². The van der Waals surface area contributed by atoms with Crippen LogP contribution in [0.25, 0.3) is 0 Å². The molecule has 1 fully saturated rings. The summed E-state index contributed by atoms with van der Waals surface area (Å²) < 4.78 is 0. The molecule has 6 heteroatoms. The van der Waals surface area contributed by atoms with Crippen LogP contribution in [0, 0.1) is 11.3 Å². The Bertz CT molecular complexity index is 1020. The lowest BCUT2D eigenvalue weighted by molar-refractivity contribution is 0.102. The van der Waals surface area contributed by atoms with E-state index in [9.17, 15) is 10.1 Å². The molecule has 0 spiro atoms. The second-order valence-corrected chi connectivity index (χ2v) is 7.52. The van der Waals surface area contributed by atoms with Gasteiger partial charge in [0.25, 0.3) is 5.91 Å². The van der Waals surface area contributed by atoms with E-state index in [4.69, 9.17) is 5.73 Å². The van der Waals surface area contributed by atoms with Crippen LogP contribution in [0.2, 0.25) is 0 Å². The summed E-state index contributed by atoms with van der Waals surface area (Å²) in [6.45, 7) is 4.14. The monoisotopic (exact) mass is 413 g/mol. The number of benzene rings is 1. The molecule has 0 radical (unpaired) electrons. The summed E-state index contributed by atoms with van der Waals surface area (Å²) in [6, 6.07) is 13.5. The maximum absolute atomic E-state index is 12.9. The van der Waals surface area contributed by atoms with Gasteiger partial charge in [0.2, 0.25) is 0 Å². The predicted molar refractivity (Wildman–Crippen MR) is 124 cm³/mol. The zero-order chi connectivity index (χ0) is 22.1. The largest absolute Gasteiger partial charge is 0.405 e. The van der Waals surface area contributed by atoms with Gasteiger partial charge in [0.15, 0.2) is 0 Å². The highest BCUT2D eigenvalue weighted by Gasteiger charge is 2.35. The Labute approximate surface area is 183 Å². The Hall–Kier alpha value is -3.85. The molecule has 0 aliphatic heterocycles. The van der Waals surface area contributed by atoms with E-state index in [1.54, 1.807) is 30.5 Å². The normalized spacial score (nSPS) is 15.4. The summed E-state index contributed by atoms with van der Waals surface area (Å²) >= 11 is 0. The zero-order valence-corrected chi connectivity index (χ0v) is 17.5. The van der Waals surface area contributed by atoms with E-state index in [0.717, 1.165) is 36.8 Å². The standard InChI is InChI=1S/C25H27N5O/c1-2-6-19(12-15-26)17-29-23-22(7-5-16-28-23)24(31)30-21-10-8-20(9-11-21)25(18-27)13-3-4-14-25/h2,5-12,15-16H,1,3-4,13-14,17,26H2,(H,28,29)(H,30,31)/b15-12-,19-6+. The molecule has 1 amide bonds. The number of allylic oxidation sites excluding steroid dienone is 2. The first-order valence-corrected chi connectivity index (χ1v) is 10.3. The maximum Gasteiger partial charge on any atom is 0.259 e. The Balaban J connectivity index is 1.72. The van der Waals surface area contributed by atoms with Crippen molar-refractivity contribution in [3.63, 3.8) is 0 Å². The fourth-order valence-corrected chi connectivity index (χ4v) is 3.88. The maximum atomic E-state index is 12.9. The van der Waals surface area contributed by atoms with Crippen molar-refractivity contribution in [2.45, 2.75) is 31.1 Å². The van der Waals surface area contributed by atoms with E-state index in [2.05, 4.69) is 28.3 Å². The van der Waals surface area contributed by atoms with Gasteiger partial charge in [0, 0.05) is 18.4 Å². The molecule has 0 saturated heterocycles. The van der Waals surface area contributed by atoms with Crippen LogP contribution in [0.1, 0.15) is 41.6 Å². The van der Waals surface area contributed by atoms with Gasteiger partial charge in [-0.1, -0.05) is 43.7 Å². The lowest BCUT2D eigenvalue weighted by Gasteiger charge is -2.21. The number of carbonyl (C=O) groups excluding carboxylic acids is 1. The molecule has 2 aromatic rings. The molecular formula is C25H27N5O. The first-order valence-electron chi connectivity index (χ1n) is 10.3. The third-order valence-electron chi connectivity index (χ3n) is 5.52. The van der Waals surface area contributed by atoms with Gasteiger partial charge in [0.05, 0.1) is 17.0 Å². The minimum absolute atomic E-state index is 0.261. The molecule has 1 aromatic heterocycles. The Morgan fingerprint density at radius 1 is 1.26 bits per heavy atom. The second-order valence-electron chi connectivity index (χ2n) is 7.52. The summed E-state index contributed by atoms with van der Waals surface area (Å²) in [7, 11) is 0. The van der Waals surface area contributed by atoms with Gasteiger partial charge in [-0.05, 0) is 60.5 Å². The molecule has 31 heavy (non-hydrogen) atoms. The van der Waals surface area contributed by atoms with Crippen molar-refractivity contribution in [2.75, 3.05) is 17.2 Å². The van der Waals surface area contributed by atoms with Gasteiger partial charge in [-0.2, -0.15) is 5.26 Å². The van der Waals surface area contributed by atoms with Gasteiger partial charge in [0.1, 0.15) is 5.82 Å². The minimum Gasteiger partial charge on any atom is -0.405 e. The molecule has 1 saturated carbocycles. The molecule has 1 aliphatic rings. The molecule has 3 rings (SSSR count). The van der Waals surface area contributed by atoms with Crippen LogP contribution < -0.4 is 16.4 Å². The number of rotatable bonds is 8. The highest BCUT2D eigenvalue weighted by atomic mass is 16.1. The molecular weight excluding hydrogens is 386 g/mol. The van der Waals surface area contributed by atoms with Crippen LogP contribution in [-0.2, 0) is 5.41 Å².